The summed E-state index contributed by atoms with van der Waals surface area (Å²) in [5.74, 6) is 0.0899. The number of aromatic hydroxyl groups is 2. The molecule has 1 aromatic rings. The van der Waals surface area contributed by atoms with Crippen molar-refractivity contribution in [1.29, 1.82) is 0 Å². The number of phenolic OH excluding ortho intramolecular Hbond substituents is 2. The minimum atomic E-state index is -0.0270. The van der Waals surface area contributed by atoms with Gasteiger partial charge in [0.15, 0.2) is 0 Å². The maximum absolute atomic E-state index is 10.2. The van der Waals surface area contributed by atoms with Crippen LogP contribution in [0.3, 0.4) is 0 Å². The van der Waals surface area contributed by atoms with Crippen molar-refractivity contribution in [3.8, 4) is 11.5 Å². The molecule has 0 radical (unpaired) electrons. The molecule has 0 unspecified atom stereocenters. The van der Waals surface area contributed by atoms with Gasteiger partial charge in [-0.25, -0.2) is 0 Å². The van der Waals surface area contributed by atoms with Gasteiger partial charge in [-0.05, 0) is 12.1 Å². The third-order valence-corrected chi connectivity index (χ3v) is 4.02. The van der Waals surface area contributed by atoms with Crippen LogP contribution in [0.5, 0.6) is 11.5 Å². The predicted octanol–water partition coefficient (Wildman–Crippen LogP) is -4.16. The fourth-order valence-electron chi connectivity index (χ4n) is 2.72. The molecule has 8 heteroatoms. The number of aliphatic hydroxyl groups is 4. The van der Waals surface area contributed by atoms with Crippen LogP contribution in [0.25, 0.3) is 0 Å². The maximum Gasteiger partial charge on any atom is 0.125 e. The van der Waals surface area contributed by atoms with Gasteiger partial charge in [-0.1, -0.05) is 0 Å². The van der Waals surface area contributed by atoms with Crippen LogP contribution in [0.2, 0.25) is 0 Å². The molecule has 138 valence electrons. The van der Waals surface area contributed by atoms with Gasteiger partial charge in [0.05, 0.1) is 37.6 Å². The van der Waals surface area contributed by atoms with E-state index >= 15 is 0 Å². The summed E-state index contributed by atoms with van der Waals surface area (Å²) < 4.78 is 0. The number of quaternary nitrogens is 2. The molecule has 0 aromatic heterocycles. The minimum Gasteiger partial charge on any atom is -0.507 e. The van der Waals surface area contributed by atoms with Crippen LogP contribution in [-0.4, -0.2) is 83.2 Å². The maximum atomic E-state index is 10.2. The van der Waals surface area contributed by atoms with Crippen molar-refractivity contribution in [3.63, 3.8) is 0 Å². The molecule has 0 aliphatic carbocycles. The number of rotatable bonds is 12. The molecule has 0 saturated heterocycles. The summed E-state index contributed by atoms with van der Waals surface area (Å²) in [7, 11) is 0. The molecule has 0 atom stereocenters. The van der Waals surface area contributed by atoms with Crippen molar-refractivity contribution in [3.05, 3.63) is 23.3 Å². The van der Waals surface area contributed by atoms with Gasteiger partial charge in [-0.15, -0.1) is 0 Å². The Balaban J connectivity index is 2.87. The Morgan fingerprint density at radius 1 is 0.583 bits per heavy atom. The Kier molecular flexibility index (Phi) is 9.62. The number of nitrogens with one attached hydrogen (secondary N) is 2. The van der Waals surface area contributed by atoms with E-state index in [-0.39, 0.29) is 37.9 Å². The number of phenols is 2. The molecule has 24 heavy (non-hydrogen) atoms. The first-order chi connectivity index (χ1) is 11.5. The average molecular weight is 346 g/mol. The van der Waals surface area contributed by atoms with Crippen LogP contribution in [-0.2, 0) is 13.1 Å². The Labute approximate surface area is 141 Å². The van der Waals surface area contributed by atoms with E-state index < -0.39 is 0 Å². The lowest BCUT2D eigenvalue weighted by atomic mass is 10.1. The van der Waals surface area contributed by atoms with Gasteiger partial charge < -0.3 is 40.4 Å². The highest BCUT2D eigenvalue weighted by molar-refractivity contribution is 5.44. The van der Waals surface area contributed by atoms with Crippen molar-refractivity contribution >= 4 is 0 Å². The molecule has 0 heterocycles. The summed E-state index contributed by atoms with van der Waals surface area (Å²) in [5, 5.41) is 56.6. The molecular formula is C16H30N2O6+2. The van der Waals surface area contributed by atoms with Crippen molar-refractivity contribution in [1.82, 2.24) is 0 Å². The van der Waals surface area contributed by atoms with Gasteiger partial charge in [-0.3, -0.25) is 0 Å². The number of aliphatic hydroxyl groups excluding tert-OH is 4. The Bertz CT molecular complexity index is 430. The van der Waals surface area contributed by atoms with Crippen molar-refractivity contribution in [2.75, 3.05) is 52.6 Å². The summed E-state index contributed by atoms with van der Waals surface area (Å²) in [5.41, 5.74) is 1.08. The van der Waals surface area contributed by atoms with Gasteiger partial charge >= 0.3 is 0 Å². The number of benzene rings is 1. The van der Waals surface area contributed by atoms with Crippen LogP contribution in [0.15, 0.2) is 12.1 Å². The van der Waals surface area contributed by atoms with Crippen LogP contribution in [0.1, 0.15) is 11.1 Å². The monoisotopic (exact) mass is 346 g/mol. The highest BCUT2D eigenvalue weighted by atomic mass is 16.3. The molecular weight excluding hydrogens is 316 g/mol. The van der Waals surface area contributed by atoms with Gasteiger partial charge in [0.1, 0.15) is 50.8 Å². The zero-order valence-corrected chi connectivity index (χ0v) is 13.9. The van der Waals surface area contributed by atoms with Gasteiger partial charge in [-0.2, -0.15) is 0 Å². The van der Waals surface area contributed by atoms with Gasteiger partial charge in [0.25, 0.3) is 0 Å². The number of hydrogen-bond acceptors (Lipinski definition) is 6. The summed E-state index contributed by atoms with van der Waals surface area (Å²) in [4.78, 5) is 1.80. The fourth-order valence-corrected chi connectivity index (χ4v) is 2.72. The molecule has 1 aromatic carbocycles. The van der Waals surface area contributed by atoms with Crippen LogP contribution in [0.4, 0.5) is 0 Å². The van der Waals surface area contributed by atoms with Crippen LogP contribution >= 0.6 is 0 Å². The lowest BCUT2D eigenvalue weighted by molar-refractivity contribution is -0.914. The highest BCUT2D eigenvalue weighted by Crippen LogP contribution is 2.26. The topological polar surface area (TPSA) is 130 Å². The van der Waals surface area contributed by atoms with E-state index in [4.69, 9.17) is 20.4 Å². The number of hydrogen-bond donors (Lipinski definition) is 8. The standard InChI is InChI=1S/C16H28N2O6/c19-5-1-17(2-6-20)11-13-9-16(24)14(10-15(13)23)12-18(3-7-21)4-8-22/h9-10,19-24H,1-8,11-12H2/p+2. The third kappa shape index (κ3) is 6.60. The largest absolute Gasteiger partial charge is 0.507 e. The zero-order valence-electron chi connectivity index (χ0n) is 13.9. The van der Waals surface area contributed by atoms with E-state index in [9.17, 15) is 10.2 Å². The van der Waals surface area contributed by atoms with Crippen LogP contribution < -0.4 is 9.80 Å². The molecule has 0 spiro atoms. The van der Waals surface area contributed by atoms with Gasteiger partial charge in [0, 0.05) is 0 Å². The van der Waals surface area contributed by atoms with E-state index in [0.29, 0.717) is 50.4 Å². The average Bonchev–Trinajstić information content (AvgIpc) is 2.53. The second kappa shape index (κ2) is 11.2. The lowest BCUT2D eigenvalue weighted by Gasteiger charge is -2.20. The molecule has 0 aliphatic rings. The Morgan fingerprint density at radius 2 is 0.875 bits per heavy atom. The van der Waals surface area contributed by atoms with Gasteiger partial charge in [0.2, 0.25) is 0 Å². The normalized spacial score (nSPS) is 11.6. The van der Waals surface area contributed by atoms with Crippen molar-refractivity contribution in [2.24, 2.45) is 0 Å². The first-order valence-electron chi connectivity index (χ1n) is 8.20. The van der Waals surface area contributed by atoms with Crippen molar-refractivity contribution < 1.29 is 40.4 Å². The quantitative estimate of drug-likeness (QED) is 0.181. The molecule has 0 bridgehead atoms. The van der Waals surface area contributed by atoms with E-state index in [1.165, 1.54) is 12.1 Å². The second-order valence-electron chi connectivity index (χ2n) is 5.86. The van der Waals surface area contributed by atoms with Crippen LogP contribution in [0, 0.1) is 0 Å². The Morgan fingerprint density at radius 3 is 1.12 bits per heavy atom. The summed E-state index contributed by atoms with van der Waals surface area (Å²) >= 11 is 0. The Hall–Kier alpha value is -1.42. The second-order valence-corrected chi connectivity index (χ2v) is 5.86. The summed E-state index contributed by atoms with van der Waals surface area (Å²) in [6.07, 6.45) is 0. The molecule has 8 N–H and O–H groups in total. The first-order valence-corrected chi connectivity index (χ1v) is 8.20. The molecule has 0 fully saturated rings. The molecule has 0 amide bonds. The zero-order chi connectivity index (χ0) is 17.9. The molecule has 8 nitrogen and oxygen atoms in total. The fraction of sp³-hybridized carbons (Fsp3) is 0.625. The lowest BCUT2D eigenvalue weighted by Crippen LogP contribution is -3.11. The van der Waals surface area contributed by atoms with E-state index in [2.05, 4.69) is 0 Å². The van der Waals surface area contributed by atoms with E-state index in [1.807, 2.05) is 0 Å². The molecule has 1 rings (SSSR count). The summed E-state index contributed by atoms with van der Waals surface area (Å²) in [6, 6.07) is 2.99. The molecule has 0 saturated carbocycles. The van der Waals surface area contributed by atoms with Crippen molar-refractivity contribution in [2.45, 2.75) is 13.1 Å². The predicted molar refractivity (Wildman–Crippen MR) is 86.9 cm³/mol. The van der Waals surface area contributed by atoms with E-state index in [1.54, 1.807) is 0 Å². The smallest absolute Gasteiger partial charge is 0.125 e. The van der Waals surface area contributed by atoms with E-state index in [0.717, 1.165) is 9.80 Å². The first kappa shape index (κ1) is 20.6. The molecule has 0 aliphatic heterocycles. The SMILES string of the molecule is OCC[NH+](CCO)Cc1cc(O)c(C[NH+](CCO)CCO)cc1O. The highest BCUT2D eigenvalue weighted by Gasteiger charge is 2.17. The minimum absolute atomic E-state index is 0.0270. The summed E-state index contributed by atoms with van der Waals surface area (Å²) in [6.45, 7) is 2.40. The third-order valence-electron chi connectivity index (χ3n) is 4.02.